The molecule has 0 atom stereocenters. The van der Waals surface area contributed by atoms with Crippen LogP contribution in [-0.2, 0) is 0 Å². The molecule has 116 valence electrons. The number of ether oxygens (including phenoxy) is 2. The topological polar surface area (TPSA) is 67.2 Å². The minimum Gasteiger partial charge on any atom is -0.484 e. The molecule has 11 heteroatoms. The second kappa shape index (κ2) is 6.44. The molecule has 1 rings (SSSR count). The lowest BCUT2D eigenvalue weighted by Crippen LogP contribution is -2.20. The van der Waals surface area contributed by atoms with Gasteiger partial charge >= 0.3 is 12.4 Å². The fourth-order valence-corrected chi connectivity index (χ4v) is 1.16. The zero-order valence-corrected chi connectivity index (χ0v) is 10.1. The molecular formula is C10H7F6N3O2. The van der Waals surface area contributed by atoms with Gasteiger partial charge in [-0.05, 0) is 17.7 Å². The molecule has 0 unspecified atom stereocenters. The molecular weight excluding hydrogens is 308 g/mol. The van der Waals surface area contributed by atoms with Crippen LogP contribution in [0, 0.1) is 0 Å². The molecule has 0 saturated heterocycles. The highest BCUT2D eigenvalue weighted by Crippen LogP contribution is 2.30. The minimum absolute atomic E-state index is 0.241. The molecule has 0 aliphatic heterocycles. The highest BCUT2D eigenvalue weighted by molar-refractivity contribution is 5.49. The van der Waals surface area contributed by atoms with Gasteiger partial charge in [-0.3, -0.25) is 0 Å². The van der Waals surface area contributed by atoms with Crippen LogP contribution in [0.3, 0.4) is 0 Å². The number of benzene rings is 1. The van der Waals surface area contributed by atoms with Gasteiger partial charge in [-0.2, -0.15) is 26.3 Å². The molecule has 0 amide bonds. The van der Waals surface area contributed by atoms with Crippen molar-refractivity contribution in [3.8, 4) is 11.5 Å². The Kier molecular flexibility index (Phi) is 5.14. The van der Waals surface area contributed by atoms with Crippen LogP contribution in [-0.4, -0.2) is 25.6 Å². The molecule has 1 aromatic rings. The minimum atomic E-state index is -4.62. The van der Waals surface area contributed by atoms with Crippen molar-refractivity contribution in [3.05, 3.63) is 28.6 Å². The number of hydrogen-bond donors (Lipinski definition) is 0. The van der Waals surface area contributed by atoms with Crippen LogP contribution in [0.5, 0.6) is 11.5 Å². The average molecular weight is 315 g/mol. The first-order chi connectivity index (χ1) is 9.59. The molecule has 0 aromatic heterocycles. The van der Waals surface area contributed by atoms with Crippen molar-refractivity contribution in [1.29, 1.82) is 0 Å². The van der Waals surface area contributed by atoms with E-state index in [0.29, 0.717) is 0 Å². The van der Waals surface area contributed by atoms with Crippen molar-refractivity contribution < 1.29 is 35.8 Å². The van der Waals surface area contributed by atoms with E-state index in [2.05, 4.69) is 19.5 Å². The molecule has 1 aromatic carbocycles. The van der Waals surface area contributed by atoms with E-state index in [1.165, 1.54) is 0 Å². The van der Waals surface area contributed by atoms with Crippen molar-refractivity contribution >= 4 is 5.69 Å². The van der Waals surface area contributed by atoms with Crippen molar-refractivity contribution in [2.24, 2.45) is 5.11 Å². The van der Waals surface area contributed by atoms with Gasteiger partial charge in [-0.1, -0.05) is 5.11 Å². The summed E-state index contributed by atoms with van der Waals surface area (Å²) in [6.45, 7) is -3.29. The van der Waals surface area contributed by atoms with Crippen LogP contribution in [0.15, 0.2) is 23.3 Å². The Morgan fingerprint density at radius 2 is 1.33 bits per heavy atom. The fourth-order valence-electron chi connectivity index (χ4n) is 1.16. The molecule has 0 saturated carbocycles. The van der Waals surface area contributed by atoms with E-state index in [1.54, 1.807) is 0 Å². The summed E-state index contributed by atoms with van der Waals surface area (Å²) < 4.78 is 80.8. The third-order valence-electron chi connectivity index (χ3n) is 1.83. The monoisotopic (exact) mass is 315 g/mol. The van der Waals surface area contributed by atoms with E-state index in [-0.39, 0.29) is 5.69 Å². The summed E-state index contributed by atoms with van der Waals surface area (Å²) in [6, 6.07) is 2.70. The van der Waals surface area contributed by atoms with E-state index in [1.807, 2.05) is 0 Å². The van der Waals surface area contributed by atoms with Gasteiger partial charge in [0.15, 0.2) is 13.2 Å². The summed E-state index contributed by atoms with van der Waals surface area (Å²) in [5.74, 6) is -0.871. The van der Waals surface area contributed by atoms with Gasteiger partial charge in [-0.15, -0.1) is 0 Å². The highest BCUT2D eigenvalue weighted by Gasteiger charge is 2.29. The van der Waals surface area contributed by atoms with Crippen molar-refractivity contribution in [3.63, 3.8) is 0 Å². The zero-order chi connectivity index (χ0) is 16.1. The molecule has 0 fully saturated rings. The predicted molar refractivity (Wildman–Crippen MR) is 58.3 cm³/mol. The van der Waals surface area contributed by atoms with E-state index >= 15 is 0 Å². The van der Waals surface area contributed by atoms with Gasteiger partial charge in [0.2, 0.25) is 0 Å². The maximum absolute atomic E-state index is 12.0. The summed E-state index contributed by atoms with van der Waals surface area (Å²) >= 11 is 0. The standard InChI is InChI=1S/C10H7F6N3O2/c11-9(12,13)4-20-7-1-6(18-19-17)2-8(3-7)21-5-10(14,15)16/h1-3H,4-5H2. The Labute approximate surface area is 113 Å². The number of nitrogens with zero attached hydrogens (tertiary/aromatic N) is 3. The lowest BCUT2D eigenvalue weighted by Gasteiger charge is -2.13. The summed E-state index contributed by atoms with van der Waals surface area (Å²) in [5.41, 5.74) is 8.00. The Balaban J connectivity index is 2.92. The van der Waals surface area contributed by atoms with Crippen molar-refractivity contribution in [2.45, 2.75) is 12.4 Å². The number of azide groups is 1. The first-order valence-corrected chi connectivity index (χ1v) is 5.18. The van der Waals surface area contributed by atoms with Gasteiger partial charge < -0.3 is 9.47 Å². The van der Waals surface area contributed by atoms with Gasteiger partial charge in [0, 0.05) is 16.7 Å². The number of alkyl halides is 6. The second-order valence-corrected chi connectivity index (χ2v) is 3.66. The van der Waals surface area contributed by atoms with E-state index < -0.39 is 37.1 Å². The van der Waals surface area contributed by atoms with Crippen LogP contribution in [0.1, 0.15) is 0 Å². The van der Waals surface area contributed by atoms with Gasteiger partial charge in [0.1, 0.15) is 11.5 Å². The maximum atomic E-state index is 12.0. The smallest absolute Gasteiger partial charge is 0.422 e. The van der Waals surface area contributed by atoms with Crippen LogP contribution in [0.2, 0.25) is 0 Å². The summed E-state index contributed by atoms with van der Waals surface area (Å²) in [6.07, 6.45) is -9.25. The number of hydrogen-bond acceptors (Lipinski definition) is 3. The quantitative estimate of drug-likeness (QED) is 0.347. The molecule has 0 bridgehead atoms. The van der Waals surface area contributed by atoms with Crippen LogP contribution >= 0.6 is 0 Å². The first kappa shape index (κ1) is 16.8. The first-order valence-electron chi connectivity index (χ1n) is 5.18. The number of rotatable bonds is 5. The third kappa shape index (κ3) is 7.16. The maximum Gasteiger partial charge on any atom is 0.422 e. The van der Waals surface area contributed by atoms with Crippen LogP contribution in [0.4, 0.5) is 32.0 Å². The lowest BCUT2D eigenvalue weighted by atomic mass is 10.3. The average Bonchev–Trinajstić information content (AvgIpc) is 2.33. The van der Waals surface area contributed by atoms with E-state index in [0.717, 1.165) is 18.2 Å². The lowest BCUT2D eigenvalue weighted by molar-refractivity contribution is -0.153. The number of halogens is 6. The predicted octanol–water partition coefficient (Wildman–Crippen LogP) is 4.51. The second-order valence-electron chi connectivity index (χ2n) is 3.66. The summed E-state index contributed by atoms with van der Waals surface area (Å²) in [4.78, 5) is 2.38. The molecule has 0 aliphatic carbocycles. The molecule has 0 N–H and O–H groups in total. The zero-order valence-electron chi connectivity index (χ0n) is 10.1. The molecule has 21 heavy (non-hydrogen) atoms. The molecule has 0 radical (unpaired) electrons. The van der Waals surface area contributed by atoms with Crippen LogP contribution < -0.4 is 9.47 Å². The Morgan fingerprint density at radius 3 is 1.67 bits per heavy atom. The summed E-state index contributed by atoms with van der Waals surface area (Å²) in [7, 11) is 0. The third-order valence-corrected chi connectivity index (χ3v) is 1.83. The normalized spacial score (nSPS) is 11.7. The SMILES string of the molecule is [N-]=[N+]=Nc1cc(OCC(F)(F)F)cc(OCC(F)(F)F)c1. The molecule has 0 aliphatic rings. The fraction of sp³-hybridized carbons (Fsp3) is 0.400. The van der Waals surface area contributed by atoms with E-state index in [4.69, 9.17) is 5.53 Å². The molecule has 0 spiro atoms. The Morgan fingerprint density at radius 1 is 0.905 bits per heavy atom. The highest BCUT2D eigenvalue weighted by atomic mass is 19.4. The van der Waals surface area contributed by atoms with E-state index in [9.17, 15) is 26.3 Å². The molecule has 0 heterocycles. The van der Waals surface area contributed by atoms with Gasteiger partial charge in [0.25, 0.3) is 0 Å². The van der Waals surface area contributed by atoms with Gasteiger partial charge in [0.05, 0.1) is 0 Å². The molecule has 5 nitrogen and oxygen atoms in total. The Hall–Kier alpha value is -2.29. The summed E-state index contributed by atoms with van der Waals surface area (Å²) in [5, 5.41) is 3.07. The largest absolute Gasteiger partial charge is 0.484 e. The van der Waals surface area contributed by atoms with Gasteiger partial charge in [-0.25, -0.2) is 0 Å². The van der Waals surface area contributed by atoms with Crippen molar-refractivity contribution in [2.75, 3.05) is 13.2 Å². The van der Waals surface area contributed by atoms with Crippen molar-refractivity contribution in [1.82, 2.24) is 0 Å². The van der Waals surface area contributed by atoms with Crippen LogP contribution in [0.25, 0.3) is 10.4 Å². The Bertz CT molecular complexity index is 500.